The number of hydrogen-bond acceptors (Lipinski definition) is 1. The molecule has 98 valence electrons. The van der Waals surface area contributed by atoms with Crippen molar-refractivity contribution >= 4 is 46.4 Å². The maximum absolute atomic E-state index is 8.45. The minimum Gasteiger partial charge on any atom is -0.192 e. The molecule has 0 unspecified atom stereocenters. The van der Waals surface area contributed by atoms with Crippen LogP contribution in [-0.4, -0.2) is 0 Å². The second-order valence-corrected chi connectivity index (χ2v) is 5.15. The van der Waals surface area contributed by atoms with Crippen molar-refractivity contribution < 1.29 is 0 Å². The Morgan fingerprint density at radius 2 is 1.37 bits per heavy atom. The van der Waals surface area contributed by atoms with E-state index in [1.165, 1.54) is 0 Å². The summed E-state index contributed by atoms with van der Waals surface area (Å²) in [6, 6.07) is 12.4. The van der Waals surface area contributed by atoms with Crippen LogP contribution in [0.4, 0.5) is 0 Å². The normalized spacial score (nSPS) is 9.26. The number of halogens is 4. The minimum atomic E-state index is 0.326. The second kappa shape index (κ2) is 7.62. The van der Waals surface area contributed by atoms with Crippen molar-refractivity contribution in [3.8, 4) is 6.07 Å². The highest BCUT2D eigenvalue weighted by Gasteiger charge is 2.01. The van der Waals surface area contributed by atoms with E-state index < -0.39 is 0 Å². The molecule has 0 aromatic heterocycles. The number of hydrogen-bond donors (Lipinski definition) is 0. The zero-order valence-corrected chi connectivity index (χ0v) is 12.9. The number of nitrogens with zero attached hydrogens (tertiary/aromatic N) is 1. The molecule has 0 bridgehead atoms. The van der Waals surface area contributed by atoms with Crippen LogP contribution in [-0.2, 0) is 0 Å². The van der Waals surface area contributed by atoms with Crippen molar-refractivity contribution in [2.45, 2.75) is 6.92 Å². The van der Waals surface area contributed by atoms with Gasteiger partial charge in [0.1, 0.15) is 6.07 Å². The smallest absolute Gasteiger partial charge is 0.101 e. The predicted octanol–water partition coefficient (Wildman–Crippen LogP) is 6.17. The van der Waals surface area contributed by atoms with Crippen LogP contribution in [0, 0.1) is 18.3 Å². The Bertz CT molecular complexity index is 597. The van der Waals surface area contributed by atoms with Crippen molar-refractivity contribution in [2.24, 2.45) is 0 Å². The van der Waals surface area contributed by atoms with E-state index in [-0.39, 0.29) is 0 Å². The summed E-state index contributed by atoms with van der Waals surface area (Å²) in [5.41, 5.74) is 1.43. The molecule has 2 aromatic rings. The van der Waals surface area contributed by atoms with Gasteiger partial charge in [-0.15, -0.1) is 0 Å². The van der Waals surface area contributed by atoms with Crippen LogP contribution in [0.2, 0.25) is 20.1 Å². The number of rotatable bonds is 0. The van der Waals surface area contributed by atoms with Crippen LogP contribution in [0.3, 0.4) is 0 Å². The number of benzene rings is 2. The molecule has 0 radical (unpaired) electrons. The Morgan fingerprint density at radius 1 is 0.842 bits per heavy atom. The highest BCUT2D eigenvalue weighted by Crippen LogP contribution is 2.24. The molecule has 0 spiro atoms. The van der Waals surface area contributed by atoms with Gasteiger partial charge in [-0.25, -0.2) is 0 Å². The lowest BCUT2D eigenvalue weighted by atomic mass is 10.2. The summed E-state index contributed by atoms with van der Waals surface area (Å²) < 4.78 is 0. The quantitative estimate of drug-likeness (QED) is 0.566. The first-order valence-corrected chi connectivity index (χ1v) is 6.73. The fraction of sp³-hybridized carbons (Fsp3) is 0.0714. The van der Waals surface area contributed by atoms with Crippen molar-refractivity contribution in [2.75, 3.05) is 0 Å². The van der Waals surface area contributed by atoms with E-state index >= 15 is 0 Å². The summed E-state index contributed by atoms with van der Waals surface area (Å²) in [6.45, 7) is 1.92. The molecule has 0 aliphatic heterocycles. The summed E-state index contributed by atoms with van der Waals surface area (Å²) in [5, 5.41) is 10.5. The third-order valence-electron chi connectivity index (χ3n) is 2.22. The largest absolute Gasteiger partial charge is 0.192 e. The van der Waals surface area contributed by atoms with Crippen molar-refractivity contribution in [3.05, 3.63) is 67.6 Å². The Balaban J connectivity index is 0.000000191. The summed E-state index contributed by atoms with van der Waals surface area (Å²) in [7, 11) is 0. The molecule has 19 heavy (non-hydrogen) atoms. The standard InChI is InChI=1S/C7H3Cl2N.C7H6Cl2/c8-6-3-1-2-5(4-10)7(6)9;1-5-3-2-4-6(8)7(5)9/h1-3H;2-4H,1H3. The van der Waals surface area contributed by atoms with E-state index in [1.807, 2.05) is 25.1 Å². The first kappa shape index (κ1) is 16.1. The molecule has 0 amide bonds. The SMILES string of the molecule is Cc1cccc(Cl)c1Cl.N#Cc1cccc(Cl)c1Cl. The van der Waals surface area contributed by atoms with Crippen LogP contribution in [0.5, 0.6) is 0 Å². The average molecular weight is 333 g/mol. The van der Waals surface area contributed by atoms with Crippen molar-refractivity contribution in [1.29, 1.82) is 5.26 Å². The number of aryl methyl sites for hydroxylation is 1. The zero-order valence-electron chi connectivity index (χ0n) is 9.92. The van der Waals surface area contributed by atoms with Gasteiger partial charge in [0.05, 0.1) is 25.7 Å². The van der Waals surface area contributed by atoms with Gasteiger partial charge in [-0.2, -0.15) is 5.26 Å². The highest BCUT2D eigenvalue weighted by molar-refractivity contribution is 6.43. The molecule has 0 saturated heterocycles. The summed E-state index contributed by atoms with van der Waals surface area (Å²) in [4.78, 5) is 0. The minimum absolute atomic E-state index is 0.326. The summed E-state index contributed by atoms with van der Waals surface area (Å²) in [6.07, 6.45) is 0. The molecule has 1 nitrogen and oxygen atoms in total. The number of nitriles is 1. The molecule has 0 atom stereocenters. The van der Waals surface area contributed by atoms with E-state index in [4.69, 9.17) is 51.7 Å². The zero-order chi connectivity index (χ0) is 14.4. The van der Waals surface area contributed by atoms with E-state index in [0.29, 0.717) is 25.7 Å². The fourth-order valence-electron chi connectivity index (χ4n) is 1.20. The van der Waals surface area contributed by atoms with Gasteiger partial charge in [-0.05, 0) is 30.7 Å². The molecular formula is C14H9Cl4N. The molecule has 0 fully saturated rings. The third-order valence-corrected chi connectivity index (χ3v) is 3.95. The van der Waals surface area contributed by atoms with Gasteiger partial charge in [0.15, 0.2) is 0 Å². The van der Waals surface area contributed by atoms with E-state index in [2.05, 4.69) is 0 Å². The van der Waals surface area contributed by atoms with Gasteiger partial charge < -0.3 is 0 Å². The lowest BCUT2D eigenvalue weighted by Crippen LogP contribution is -1.75. The first-order chi connectivity index (χ1) is 8.97. The molecule has 0 aliphatic carbocycles. The molecule has 0 heterocycles. The van der Waals surface area contributed by atoms with Gasteiger partial charge in [0, 0.05) is 0 Å². The molecule has 0 N–H and O–H groups in total. The molecular weight excluding hydrogens is 324 g/mol. The van der Waals surface area contributed by atoms with Gasteiger partial charge >= 0.3 is 0 Å². The Morgan fingerprint density at radius 3 is 1.79 bits per heavy atom. The lowest BCUT2D eigenvalue weighted by molar-refractivity contribution is 1.47. The van der Waals surface area contributed by atoms with E-state index in [9.17, 15) is 0 Å². The van der Waals surface area contributed by atoms with E-state index in [0.717, 1.165) is 5.56 Å². The van der Waals surface area contributed by atoms with Gasteiger partial charge in [0.2, 0.25) is 0 Å². The topological polar surface area (TPSA) is 23.8 Å². The summed E-state index contributed by atoms with van der Waals surface area (Å²) in [5.74, 6) is 0. The Hall–Kier alpha value is -0.910. The lowest BCUT2D eigenvalue weighted by Gasteiger charge is -1.96. The second-order valence-electron chi connectivity index (χ2n) is 3.58. The monoisotopic (exact) mass is 331 g/mol. The first-order valence-electron chi connectivity index (χ1n) is 5.22. The maximum atomic E-state index is 8.45. The van der Waals surface area contributed by atoms with E-state index in [1.54, 1.807) is 24.3 Å². The molecule has 2 rings (SSSR count). The Labute approximate surface area is 132 Å². The van der Waals surface area contributed by atoms with Crippen molar-refractivity contribution in [1.82, 2.24) is 0 Å². The van der Waals surface area contributed by atoms with Crippen LogP contribution in [0.15, 0.2) is 36.4 Å². The van der Waals surface area contributed by atoms with Gasteiger partial charge in [-0.3, -0.25) is 0 Å². The van der Waals surface area contributed by atoms with Crippen LogP contribution < -0.4 is 0 Å². The van der Waals surface area contributed by atoms with Gasteiger partial charge in [0.25, 0.3) is 0 Å². The van der Waals surface area contributed by atoms with Crippen LogP contribution >= 0.6 is 46.4 Å². The third kappa shape index (κ3) is 4.60. The molecule has 0 aliphatic rings. The highest BCUT2D eigenvalue weighted by atomic mass is 35.5. The Kier molecular flexibility index (Phi) is 6.48. The van der Waals surface area contributed by atoms with Crippen molar-refractivity contribution in [3.63, 3.8) is 0 Å². The maximum Gasteiger partial charge on any atom is 0.101 e. The van der Waals surface area contributed by atoms with Gasteiger partial charge in [-0.1, -0.05) is 64.6 Å². The molecule has 5 heteroatoms. The summed E-state index contributed by atoms with van der Waals surface area (Å²) >= 11 is 22.7. The molecule has 0 saturated carbocycles. The fourth-order valence-corrected chi connectivity index (χ4v) is 1.89. The van der Waals surface area contributed by atoms with Crippen LogP contribution in [0.25, 0.3) is 0 Å². The molecule has 2 aromatic carbocycles. The van der Waals surface area contributed by atoms with Crippen LogP contribution in [0.1, 0.15) is 11.1 Å². The predicted molar refractivity (Wildman–Crippen MR) is 82.4 cm³/mol. The average Bonchev–Trinajstić information content (AvgIpc) is 2.40.